The van der Waals surface area contributed by atoms with E-state index in [1.54, 1.807) is 24.3 Å². The second kappa shape index (κ2) is 8.20. The first-order valence-corrected chi connectivity index (χ1v) is 10.6. The fourth-order valence-electron chi connectivity index (χ4n) is 2.76. The van der Waals surface area contributed by atoms with Gasteiger partial charge in [0.05, 0.1) is 6.54 Å². The summed E-state index contributed by atoms with van der Waals surface area (Å²) in [4.78, 5) is 25.5. The minimum absolute atomic E-state index is 0.0830. The van der Waals surface area contributed by atoms with Gasteiger partial charge in [0.2, 0.25) is 0 Å². The number of sulfone groups is 1. The molecule has 2 atom stereocenters. The summed E-state index contributed by atoms with van der Waals surface area (Å²) in [6.45, 7) is 5.25. The van der Waals surface area contributed by atoms with E-state index in [9.17, 15) is 18.0 Å². The van der Waals surface area contributed by atoms with E-state index in [1.807, 2.05) is 13.8 Å². The Kier molecular flexibility index (Phi) is 6.37. The molecule has 2 rings (SSSR count). The van der Waals surface area contributed by atoms with Crippen LogP contribution in [0.25, 0.3) is 0 Å². The molecule has 0 aliphatic carbocycles. The molecule has 1 aromatic rings. The fraction of sp³-hybridized carbons (Fsp3) is 0.474. The van der Waals surface area contributed by atoms with Crippen LogP contribution in [0.4, 0.5) is 10.5 Å². The predicted molar refractivity (Wildman–Crippen MR) is 104 cm³/mol. The van der Waals surface area contributed by atoms with Crippen LogP contribution in [0.2, 0.25) is 0 Å². The maximum atomic E-state index is 12.2. The molecule has 0 radical (unpaired) electrons. The average Bonchev–Trinajstić information content (AvgIpc) is 2.98. The maximum Gasteiger partial charge on any atom is 0.414 e. The largest absolute Gasteiger partial charge is 0.444 e. The van der Waals surface area contributed by atoms with Crippen LogP contribution >= 0.6 is 0 Å². The SMILES string of the molecule is CC(C)C#Cc1ccc(N2C[C@H](C[C@](C)(C(=O)NO)S(C)(=O)=O)OC2=O)cc1. The third kappa shape index (κ3) is 4.64. The van der Waals surface area contributed by atoms with Crippen molar-refractivity contribution in [3.63, 3.8) is 0 Å². The van der Waals surface area contributed by atoms with Crippen LogP contribution in [0.5, 0.6) is 0 Å². The number of nitrogens with one attached hydrogen (secondary N) is 1. The molecule has 0 aromatic heterocycles. The molecule has 0 saturated carbocycles. The highest BCUT2D eigenvalue weighted by atomic mass is 32.2. The van der Waals surface area contributed by atoms with Crippen molar-refractivity contribution < 1.29 is 28.0 Å². The van der Waals surface area contributed by atoms with Gasteiger partial charge in [0.25, 0.3) is 5.91 Å². The summed E-state index contributed by atoms with van der Waals surface area (Å²) in [5.74, 6) is 5.25. The van der Waals surface area contributed by atoms with E-state index in [1.165, 1.54) is 17.3 Å². The fourth-order valence-corrected chi connectivity index (χ4v) is 3.63. The number of cyclic esters (lactones) is 1. The molecule has 2 amide bonds. The molecular formula is C19H24N2O6S. The number of carbonyl (C=O) groups is 2. The molecule has 1 heterocycles. The minimum Gasteiger partial charge on any atom is -0.444 e. The Morgan fingerprint density at radius 3 is 2.50 bits per heavy atom. The Morgan fingerprint density at radius 2 is 2.00 bits per heavy atom. The van der Waals surface area contributed by atoms with Gasteiger partial charge in [-0.2, -0.15) is 0 Å². The highest BCUT2D eigenvalue weighted by molar-refractivity contribution is 7.92. The van der Waals surface area contributed by atoms with Gasteiger partial charge in [0, 0.05) is 29.8 Å². The molecule has 28 heavy (non-hydrogen) atoms. The van der Waals surface area contributed by atoms with Crippen molar-refractivity contribution >= 4 is 27.5 Å². The highest BCUT2D eigenvalue weighted by Crippen LogP contribution is 2.30. The molecule has 1 aliphatic rings. The summed E-state index contributed by atoms with van der Waals surface area (Å²) in [6, 6.07) is 7.02. The van der Waals surface area contributed by atoms with Crippen molar-refractivity contribution in [1.29, 1.82) is 0 Å². The highest BCUT2D eigenvalue weighted by Gasteiger charge is 2.48. The van der Waals surface area contributed by atoms with Gasteiger partial charge in [-0.15, -0.1) is 0 Å². The van der Waals surface area contributed by atoms with Crippen LogP contribution in [-0.2, 0) is 19.4 Å². The number of hydrogen-bond acceptors (Lipinski definition) is 6. The number of benzene rings is 1. The summed E-state index contributed by atoms with van der Waals surface area (Å²) in [6.07, 6.45) is -0.845. The van der Waals surface area contributed by atoms with E-state index in [0.717, 1.165) is 11.8 Å². The van der Waals surface area contributed by atoms with Gasteiger partial charge in [-0.1, -0.05) is 25.7 Å². The van der Waals surface area contributed by atoms with Crippen molar-refractivity contribution in [1.82, 2.24) is 5.48 Å². The van der Waals surface area contributed by atoms with E-state index >= 15 is 0 Å². The smallest absolute Gasteiger partial charge is 0.414 e. The molecule has 152 valence electrons. The third-order valence-corrected chi connectivity index (χ3v) is 6.56. The summed E-state index contributed by atoms with van der Waals surface area (Å²) >= 11 is 0. The molecule has 0 spiro atoms. The van der Waals surface area contributed by atoms with Crippen molar-refractivity contribution in [3.8, 4) is 11.8 Å². The van der Waals surface area contributed by atoms with E-state index in [0.29, 0.717) is 5.69 Å². The lowest BCUT2D eigenvalue weighted by Crippen LogP contribution is -2.51. The Hall–Kier alpha value is -2.57. The van der Waals surface area contributed by atoms with Crippen LogP contribution in [0.3, 0.4) is 0 Å². The summed E-state index contributed by atoms with van der Waals surface area (Å²) in [5, 5.41) is 8.90. The number of hydrogen-bond donors (Lipinski definition) is 2. The van der Waals surface area contributed by atoms with Crippen molar-refractivity contribution in [2.24, 2.45) is 5.92 Å². The zero-order chi connectivity index (χ0) is 21.1. The summed E-state index contributed by atoms with van der Waals surface area (Å²) in [7, 11) is -3.88. The number of hydroxylamine groups is 1. The van der Waals surface area contributed by atoms with Crippen LogP contribution in [0.1, 0.15) is 32.8 Å². The molecule has 1 saturated heterocycles. The van der Waals surface area contributed by atoms with Crippen LogP contribution in [-0.4, -0.2) is 49.3 Å². The number of rotatable bonds is 5. The van der Waals surface area contributed by atoms with Crippen LogP contribution in [0, 0.1) is 17.8 Å². The van der Waals surface area contributed by atoms with E-state index in [2.05, 4.69) is 11.8 Å². The first kappa shape index (κ1) is 21.7. The minimum atomic E-state index is -3.88. The molecule has 1 aliphatic heterocycles. The third-order valence-electron chi connectivity index (χ3n) is 4.58. The molecular weight excluding hydrogens is 384 g/mol. The number of nitrogens with zero attached hydrogens (tertiary/aromatic N) is 1. The quantitative estimate of drug-likeness (QED) is 0.436. The number of ether oxygens (including phenoxy) is 1. The lowest BCUT2D eigenvalue weighted by Gasteiger charge is -2.26. The lowest BCUT2D eigenvalue weighted by atomic mass is 10.0. The van der Waals surface area contributed by atoms with Gasteiger partial charge in [0.1, 0.15) is 6.10 Å². The standard InChI is InChI=1S/C19H24N2O6S/c1-13(2)5-6-14-7-9-15(10-8-14)21-12-16(27-18(21)23)11-19(3,17(22)20-24)28(4,25)26/h7-10,13,16,24H,11-12H2,1-4H3,(H,20,22)/t16-,19+/m0/s1. The number of anilines is 1. The lowest BCUT2D eigenvalue weighted by molar-refractivity contribution is -0.132. The van der Waals surface area contributed by atoms with E-state index in [-0.39, 0.29) is 18.9 Å². The Morgan fingerprint density at radius 1 is 1.39 bits per heavy atom. The second-order valence-corrected chi connectivity index (χ2v) is 9.68. The zero-order valence-electron chi connectivity index (χ0n) is 16.2. The Bertz CT molecular complexity index is 914. The van der Waals surface area contributed by atoms with Gasteiger partial charge < -0.3 is 4.74 Å². The van der Waals surface area contributed by atoms with Crippen LogP contribution in [0.15, 0.2) is 24.3 Å². The zero-order valence-corrected chi connectivity index (χ0v) is 17.0. The molecule has 1 aromatic carbocycles. The van der Waals surface area contributed by atoms with Crippen LogP contribution < -0.4 is 10.4 Å². The second-order valence-electron chi connectivity index (χ2n) is 7.24. The molecule has 8 nitrogen and oxygen atoms in total. The number of carbonyl (C=O) groups excluding carboxylic acids is 2. The van der Waals surface area contributed by atoms with Gasteiger partial charge in [-0.05, 0) is 31.2 Å². The predicted octanol–water partition coefficient (Wildman–Crippen LogP) is 1.72. The van der Waals surface area contributed by atoms with Gasteiger partial charge >= 0.3 is 6.09 Å². The van der Waals surface area contributed by atoms with Gasteiger partial charge in [-0.25, -0.2) is 18.7 Å². The topological polar surface area (TPSA) is 113 Å². The van der Waals surface area contributed by atoms with E-state index in [4.69, 9.17) is 9.94 Å². The average molecular weight is 408 g/mol. The van der Waals surface area contributed by atoms with Crippen molar-refractivity contribution in [3.05, 3.63) is 29.8 Å². The monoisotopic (exact) mass is 408 g/mol. The Balaban J connectivity index is 2.17. The molecule has 9 heteroatoms. The summed E-state index contributed by atoms with van der Waals surface area (Å²) in [5.41, 5.74) is 2.77. The van der Waals surface area contributed by atoms with Gasteiger partial charge in [0.15, 0.2) is 14.6 Å². The molecule has 2 N–H and O–H groups in total. The van der Waals surface area contributed by atoms with E-state index < -0.39 is 32.7 Å². The maximum absolute atomic E-state index is 12.2. The molecule has 0 unspecified atom stereocenters. The first-order chi connectivity index (χ1) is 13.0. The summed E-state index contributed by atoms with van der Waals surface area (Å²) < 4.78 is 27.5. The van der Waals surface area contributed by atoms with Crippen molar-refractivity contribution in [2.45, 2.75) is 38.0 Å². The Labute approximate surface area is 164 Å². The molecule has 1 fully saturated rings. The van der Waals surface area contributed by atoms with Crippen molar-refractivity contribution in [2.75, 3.05) is 17.7 Å². The normalized spacial score (nSPS) is 18.9. The van der Waals surface area contributed by atoms with Gasteiger partial charge in [-0.3, -0.25) is 14.9 Å². The first-order valence-electron chi connectivity index (χ1n) is 8.72. The number of amides is 2. The molecule has 0 bridgehead atoms.